The molecular formula is C19H23N3O3. The van der Waals surface area contributed by atoms with Crippen LogP contribution in [0.1, 0.15) is 43.1 Å². The van der Waals surface area contributed by atoms with Crippen molar-refractivity contribution in [3.8, 4) is 11.4 Å². The minimum absolute atomic E-state index is 0.141. The Balaban J connectivity index is 1.38. The van der Waals surface area contributed by atoms with Gasteiger partial charge >= 0.3 is 0 Å². The van der Waals surface area contributed by atoms with E-state index in [9.17, 15) is 4.79 Å². The Bertz CT molecular complexity index is 727. The third-order valence-electron chi connectivity index (χ3n) is 5.11. The number of benzene rings is 1. The van der Waals surface area contributed by atoms with Crippen LogP contribution in [0.25, 0.3) is 11.4 Å². The van der Waals surface area contributed by atoms with Gasteiger partial charge in [0.05, 0.1) is 0 Å². The van der Waals surface area contributed by atoms with Crippen molar-refractivity contribution in [1.82, 2.24) is 15.0 Å². The lowest BCUT2D eigenvalue weighted by atomic mass is 9.96. The number of carbonyl (C=O) groups excluding carboxylic acids is 1. The number of piperidine rings is 1. The van der Waals surface area contributed by atoms with E-state index in [-0.39, 0.29) is 17.9 Å². The van der Waals surface area contributed by atoms with E-state index in [0.29, 0.717) is 18.3 Å². The van der Waals surface area contributed by atoms with Gasteiger partial charge in [-0.15, -0.1) is 0 Å². The zero-order valence-electron chi connectivity index (χ0n) is 14.5. The van der Waals surface area contributed by atoms with Crippen LogP contribution in [0.5, 0.6) is 0 Å². The maximum atomic E-state index is 12.4. The molecule has 1 unspecified atom stereocenters. The first-order chi connectivity index (χ1) is 12.2. The second-order valence-corrected chi connectivity index (χ2v) is 6.92. The van der Waals surface area contributed by atoms with Gasteiger partial charge in [0.1, 0.15) is 6.10 Å². The number of hydrogen-bond acceptors (Lipinski definition) is 5. The zero-order valence-corrected chi connectivity index (χ0v) is 14.5. The molecule has 2 aromatic rings. The normalized spacial score (nSPS) is 21.6. The van der Waals surface area contributed by atoms with Gasteiger partial charge in [-0.05, 0) is 32.6 Å². The first-order valence-electron chi connectivity index (χ1n) is 9.02. The molecule has 1 atom stereocenters. The number of carbonyl (C=O) groups is 1. The van der Waals surface area contributed by atoms with Gasteiger partial charge in [-0.25, -0.2) is 0 Å². The average molecular weight is 341 g/mol. The van der Waals surface area contributed by atoms with E-state index in [4.69, 9.17) is 9.26 Å². The molecule has 1 aromatic heterocycles. The van der Waals surface area contributed by atoms with Gasteiger partial charge in [0.15, 0.2) is 0 Å². The van der Waals surface area contributed by atoms with Crippen LogP contribution in [0, 0.1) is 6.92 Å². The number of aryl methyl sites for hydroxylation is 1. The minimum Gasteiger partial charge on any atom is -0.368 e. The quantitative estimate of drug-likeness (QED) is 0.858. The van der Waals surface area contributed by atoms with Crippen LogP contribution in [-0.4, -0.2) is 46.7 Å². The van der Waals surface area contributed by atoms with Gasteiger partial charge in [0, 0.05) is 31.2 Å². The van der Waals surface area contributed by atoms with Crippen molar-refractivity contribution in [1.29, 1.82) is 0 Å². The number of hydrogen-bond donors (Lipinski definition) is 0. The Hall–Kier alpha value is -2.21. The third kappa shape index (κ3) is 3.44. The molecule has 3 heterocycles. The molecule has 0 saturated carbocycles. The molecular weight excluding hydrogens is 318 g/mol. The average Bonchev–Trinajstić information content (AvgIpc) is 3.34. The van der Waals surface area contributed by atoms with Crippen LogP contribution in [0.15, 0.2) is 28.8 Å². The number of amides is 1. The van der Waals surface area contributed by atoms with E-state index in [2.05, 4.69) is 17.1 Å². The highest BCUT2D eigenvalue weighted by Gasteiger charge is 2.32. The van der Waals surface area contributed by atoms with E-state index in [1.165, 1.54) is 5.56 Å². The first kappa shape index (κ1) is 16.3. The molecule has 0 radical (unpaired) electrons. The van der Waals surface area contributed by atoms with Crippen LogP contribution in [0.3, 0.4) is 0 Å². The van der Waals surface area contributed by atoms with E-state index in [1.54, 1.807) is 0 Å². The van der Waals surface area contributed by atoms with Gasteiger partial charge in [-0.3, -0.25) is 4.79 Å². The van der Waals surface area contributed by atoms with Crippen LogP contribution < -0.4 is 0 Å². The Morgan fingerprint density at radius 3 is 2.60 bits per heavy atom. The van der Waals surface area contributed by atoms with Crippen LogP contribution >= 0.6 is 0 Å². The van der Waals surface area contributed by atoms with Crippen molar-refractivity contribution in [2.45, 2.75) is 44.6 Å². The first-order valence-corrected chi connectivity index (χ1v) is 9.02. The summed E-state index contributed by atoms with van der Waals surface area (Å²) in [5.74, 6) is 1.68. The highest BCUT2D eigenvalue weighted by molar-refractivity contribution is 5.81. The summed E-state index contributed by atoms with van der Waals surface area (Å²) in [6.07, 6.45) is 3.31. The maximum absolute atomic E-state index is 12.4. The molecule has 2 aliphatic heterocycles. The molecule has 1 amide bonds. The van der Waals surface area contributed by atoms with Crippen molar-refractivity contribution in [3.63, 3.8) is 0 Å². The topological polar surface area (TPSA) is 68.5 Å². The summed E-state index contributed by atoms with van der Waals surface area (Å²) in [6, 6.07) is 8.10. The van der Waals surface area contributed by atoms with Crippen LogP contribution in [0.2, 0.25) is 0 Å². The number of aromatic nitrogens is 2. The number of rotatable bonds is 3. The van der Waals surface area contributed by atoms with Crippen molar-refractivity contribution in [2.24, 2.45) is 0 Å². The summed E-state index contributed by atoms with van der Waals surface area (Å²) in [7, 11) is 0. The summed E-state index contributed by atoms with van der Waals surface area (Å²) in [4.78, 5) is 18.9. The molecule has 0 spiro atoms. The molecule has 132 valence electrons. The van der Waals surface area contributed by atoms with Crippen LogP contribution in [-0.2, 0) is 9.53 Å². The SMILES string of the molecule is Cc1ccc(-c2noc(C3CCN(C(=O)C4CCCO4)CC3)n2)cc1. The second-order valence-electron chi connectivity index (χ2n) is 6.92. The standard InChI is InChI=1S/C19H23N3O3/c1-13-4-6-14(7-5-13)17-20-18(25-21-17)15-8-10-22(11-9-15)19(23)16-3-2-12-24-16/h4-7,15-16H,2-3,8-12H2,1H3. The van der Waals surface area contributed by atoms with Crippen LogP contribution in [0.4, 0.5) is 0 Å². The molecule has 25 heavy (non-hydrogen) atoms. The second kappa shape index (κ2) is 6.96. The van der Waals surface area contributed by atoms with Crippen molar-refractivity contribution >= 4 is 5.91 Å². The minimum atomic E-state index is -0.229. The molecule has 0 aliphatic carbocycles. The van der Waals surface area contributed by atoms with E-state index >= 15 is 0 Å². The highest BCUT2D eigenvalue weighted by Crippen LogP contribution is 2.29. The number of nitrogens with zero attached hydrogens (tertiary/aromatic N) is 3. The monoisotopic (exact) mass is 341 g/mol. The third-order valence-corrected chi connectivity index (χ3v) is 5.11. The summed E-state index contributed by atoms with van der Waals surface area (Å²) in [5.41, 5.74) is 2.17. The molecule has 6 nitrogen and oxygen atoms in total. The Morgan fingerprint density at radius 2 is 1.92 bits per heavy atom. The van der Waals surface area contributed by atoms with Gasteiger partial charge in [-0.2, -0.15) is 4.98 Å². The lowest BCUT2D eigenvalue weighted by Gasteiger charge is -2.31. The summed E-state index contributed by atoms with van der Waals surface area (Å²) < 4.78 is 11.0. The highest BCUT2D eigenvalue weighted by atomic mass is 16.5. The zero-order chi connectivity index (χ0) is 17.2. The molecule has 2 fully saturated rings. The lowest BCUT2D eigenvalue weighted by Crippen LogP contribution is -2.43. The largest absolute Gasteiger partial charge is 0.368 e. The van der Waals surface area contributed by atoms with Gasteiger partial charge in [0.25, 0.3) is 5.91 Å². The van der Waals surface area contributed by atoms with Gasteiger partial charge in [-0.1, -0.05) is 35.0 Å². The fourth-order valence-electron chi connectivity index (χ4n) is 3.54. The summed E-state index contributed by atoms with van der Waals surface area (Å²) in [5, 5.41) is 4.12. The maximum Gasteiger partial charge on any atom is 0.251 e. The predicted octanol–water partition coefficient (Wildman–Crippen LogP) is 2.93. The molecule has 6 heteroatoms. The number of likely N-dealkylation sites (tertiary alicyclic amines) is 1. The Morgan fingerprint density at radius 1 is 1.16 bits per heavy atom. The molecule has 2 saturated heterocycles. The lowest BCUT2D eigenvalue weighted by molar-refractivity contribution is -0.142. The van der Waals surface area contributed by atoms with Crippen molar-refractivity contribution in [3.05, 3.63) is 35.7 Å². The van der Waals surface area contributed by atoms with Crippen molar-refractivity contribution < 1.29 is 14.1 Å². The summed E-state index contributed by atoms with van der Waals surface area (Å²) in [6.45, 7) is 4.21. The molecule has 0 bridgehead atoms. The Kier molecular flexibility index (Phi) is 4.53. The summed E-state index contributed by atoms with van der Waals surface area (Å²) >= 11 is 0. The smallest absolute Gasteiger partial charge is 0.251 e. The molecule has 2 aliphatic rings. The Labute approximate surface area is 147 Å². The molecule has 1 aromatic carbocycles. The predicted molar refractivity (Wildman–Crippen MR) is 92.0 cm³/mol. The fourth-order valence-corrected chi connectivity index (χ4v) is 3.54. The molecule has 0 N–H and O–H groups in total. The fraction of sp³-hybridized carbons (Fsp3) is 0.526. The van der Waals surface area contributed by atoms with Gasteiger partial charge in [0.2, 0.25) is 11.7 Å². The van der Waals surface area contributed by atoms with Crippen molar-refractivity contribution in [2.75, 3.05) is 19.7 Å². The van der Waals surface area contributed by atoms with E-state index in [1.807, 2.05) is 29.2 Å². The van der Waals surface area contributed by atoms with E-state index in [0.717, 1.165) is 44.3 Å². The molecule has 4 rings (SSSR count). The van der Waals surface area contributed by atoms with Gasteiger partial charge < -0.3 is 14.2 Å². The number of ether oxygens (including phenoxy) is 1. The van der Waals surface area contributed by atoms with E-state index < -0.39 is 0 Å².